The molecule has 0 amide bonds. The van der Waals surface area contributed by atoms with E-state index in [9.17, 15) is 10.1 Å². The molecular formula is C21H17N5O3. The lowest BCUT2D eigenvalue weighted by Crippen LogP contribution is -2.15. The van der Waals surface area contributed by atoms with E-state index < -0.39 is 5.69 Å². The summed E-state index contributed by atoms with van der Waals surface area (Å²) in [7, 11) is 1.53. The van der Waals surface area contributed by atoms with Crippen LogP contribution in [0.4, 0.5) is 0 Å². The minimum absolute atomic E-state index is 0.0876. The van der Waals surface area contributed by atoms with Crippen LogP contribution >= 0.6 is 0 Å². The summed E-state index contributed by atoms with van der Waals surface area (Å²) in [6.45, 7) is 2.47. The lowest BCUT2D eigenvalue weighted by atomic mass is 10.2. The molecule has 2 aromatic heterocycles. The number of rotatable bonds is 5. The number of benzene rings is 2. The molecule has 2 heterocycles. The average Bonchev–Trinajstić information content (AvgIpc) is 3.09. The number of methoxy groups -OCH3 is 1. The van der Waals surface area contributed by atoms with Crippen molar-refractivity contribution in [3.8, 4) is 34.6 Å². The number of imidazole rings is 1. The van der Waals surface area contributed by atoms with Crippen LogP contribution in [0, 0.1) is 11.3 Å². The molecule has 0 radical (unpaired) electrons. The molecule has 0 bridgehead atoms. The van der Waals surface area contributed by atoms with Crippen molar-refractivity contribution in [2.24, 2.45) is 0 Å². The second-order valence-corrected chi connectivity index (χ2v) is 6.10. The number of aromatic nitrogens is 4. The third-order valence-electron chi connectivity index (χ3n) is 4.39. The van der Waals surface area contributed by atoms with Gasteiger partial charge in [0.15, 0.2) is 17.2 Å². The van der Waals surface area contributed by atoms with E-state index in [1.165, 1.54) is 11.7 Å². The number of para-hydroxylation sites is 2. The molecule has 0 aliphatic rings. The fraction of sp³-hybridized carbons (Fsp3) is 0.143. The minimum Gasteiger partial charge on any atom is -0.495 e. The molecule has 8 nitrogen and oxygen atoms in total. The van der Waals surface area contributed by atoms with Crippen molar-refractivity contribution in [2.45, 2.75) is 6.92 Å². The zero-order valence-electron chi connectivity index (χ0n) is 15.8. The van der Waals surface area contributed by atoms with Crippen LogP contribution in [0.3, 0.4) is 0 Å². The van der Waals surface area contributed by atoms with E-state index in [4.69, 9.17) is 9.47 Å². The van der Waals surface area contributed by atoms with Gasteiger partial charge in [0.1, 0.15) is 23.1 Å². The number of aromatic amines is 1. The number of hydrogen-bond donors (Lipinski definition) is 1. The number of nitrogens with one attached hydrogen (secondary N) is 1. The van der Waals surface area contributed by atoms with Gasteiger partial charge in [-0.2, -0.15) is 5.26 Å². The summed E-state index contributed by atoms with van der Waals surface area (Å²) >= 11 is 0. The van der Waals surface area contributed by atoms with Crippen molar-refractivity contribution < 1.29 is 9.47 Å². The Kier molecular flexibility index (Phi) is 4.71. The SMILES string of the molecule is CCOc1ccc(-c2nc(C#N)c3[nH]c(=O)n(-c4ccccc4OC)c3n2)cc1. The Morgan fingerprint density at radius 1 is 1.14 bits per heavy atom. The first kappa shape index (κ1) is 18.3. The highest BCUT2D eigenvalue weighted by molar-refractivity contribution is 5.80. The van der Waals surface area contributed by atoms with Gasteiger partial charge in [-0.1, -0.05) is 12.1 Å². The largest absolute Gasteiger partial charge is 0.495 e. The van der Waals surface area contributed by atoms with Crippen LogP contribution in [0.15, 0.2) is 53.3 Å². The summed E-state index contributed by atoms with van der Waals surface area (Å²) in [4.78, 5) is 24.3. The highest BCUT2D eigenvalue weighted by Crippen LogP contribution is 2.26. The Morgan fingerprint density at radius 3 is 2.59 bits per heavy atom. The average molecular weight is 387 g/mol. The first-order valence-electron chi connectivity index (χ1n) is 8.95. The van der Waals surface area contributed by atoms with Gasteiger partial charge in [0, 0.05) is 5.56 Å². The smallest absolute Gasteiger partial charge is 0.332 e. The maximum absolute atomic E-state index is 12.7. The maximum atomic E-state index is 12.7. The number of nitrogens with zero attached hydrogens (tertiary/aromatic N) is 4. The van der Waals surface area contributed by atoms with Gasteiger partial charge in [-0.05, 0) is 43.3 Å². The molecule has 0 aliphatic carbocycles. The predicted octanol–water partition coefficient (Wildman–Crippen LogP) is 3.05. The van der Waals surface area contributed by atoms with Crippen molar-refractivity contribution in [1.29, 1.82) is 5.26 Å². The van der Waals surface area contributed by atoms with Gasteiger partial charge < -0.3 is 14.5 Å². The normalized spacial score (nSPS) is 10.7. The van der Waals surface area contributed by atoms with Crippen LogP contribution in [-0.4, -0.2) is 33.2 Å². The number of nitriles is 1. The molecule has 29 heavy (non-hydrogen) atoms. The Hall–Kier alpha value is -4.12. The van der Waals surface area contributed by atoms with Gasteiger partial charge in [-0.25, -0.2) is 19.3 Å². The first-order chi connectivity index (χ1) is 14.2. The van der Waals surface area contributed by atoms with E-state index in [1.54, 1.807) is 18.2 Å². The molecule has 144 valence electrons. The van der Waals surface area contributed by atoms with Gasteiger partial charge in [0.05, 0.1) is 19.4 Å². The molecule has 0 unspecified atom stereocenters. The van der Waals surface area contributed by atoms with E-state index in [2.05, 4.69) is 15.0 Å². The topological polar surface area (TPSA) is 106 Å². The van der Waals surface area contributed by atoms with E-state index in [1.807, 2.05) is 43.3 Å². The fourth-order valence-electron chi connectivity index (χ4n) is 3.10. The van der Waals surface area contributed by atoms with Gasteiger partial charge >= 0.3 is 5.69 Å². The van der Waals surface area contributed by atoms with Gasteiger partial charge in [0.2, 0.25) is 0 Å². The van der Waals surface area contributed by atoms with E-state index in [0.717, 1.165) is 5.75 Å². The van der Waals surface area contributed by atoms with E-state index >= 15 is 0 Å². The number of fused-ring (bicyclic) bond motifs is 1. The molecule has 4 rings (SSSR count). The maximum Gasteiger partial charge on any atom is 0.332 e. The van der Waals surface area contributed by atoms with Crippen LogP contribution in [0.1, 0.15) is 12.6 Å². The summed E-state index contributed by atoms with van der Waals surface area (Å²) in [6.07, 6.45) is 0. The monoisotopic (exact) mass is 387 g/mol. The Bertz CT molecular complexity index is 1280. The molecule has 0 saturated carbocycles. The molecule has 8 heteroatoms. The van der Waals surface area contributed by atoms with Gasteiger partial charge in [0.25, 0.3) is 0 Å². The van der Waals surface area contributed by atoms with Crippen molar-refractivity contribution in [1.82, 2.24) is 19.5 Å². The molecule has 0 saturated heterocycles. The van der Waals surface area contributed by atoms with Crippen molar-refractivity contribution in [3.63, 3.8) is 0 Å². The van der Waals surface area contributed by atoms with Gasteiger partial charge in [-0.15, -0.1) is 0 Å². The Balaban J connectivity index is 1.96. The Labute approximate surface area is 166 Å². The third kappa shape index (κ3) is 3.19. The van der Waals surface area contributed by atoms with E-state index in [0.29, 0.717) is 35.1 Å². The molecule has 1 N–H and O–H groups in total. The fourth-order valence-corrected chi connectivity index (χ4v) is 3.10. The molecule has 0 fully saturated rings. The summed E-state index contributed by atoms with van der Waals surface area (Å²) in [6, 6.07) is 16.4. The third-order valence-corrected chi connectivity index (χ3v) is 4.39. The minimum atomic E-state index is -0.431. The highest BCUT2D eigenvalue weighted by Gasteiger charge is 2.19. The van der Waals surface area contributed by atoms with Crippen LogP contribution in [0.25, 0.3) is 28.2 Å². The van der Waals surface area contributed by atoms with Gasteiger partial charge in [-0.3, -0.25) is 0 Å². The lowest BCUT2D eigenvalue weighted by Gasteiger charge is -2.09. The standard InChI is InChI=1S/C21H17N5O3/c1-3-29-14-10-8-13(9-11-14)19-23-15(12-22)18-20(25-19)26(21(27)24-18)16-6-4-5-7-17(16)28-2/h4-11H,3H2,1-2H3,(H,24,27). The van der Waals surface area contributed by atoms with E-state index in [-0.39, 0.29) is 11.2 Å². The van der Waals surface area contributed by atoms with Crippen LogP contribution < -0.4 is 15.2 Å². The number of ether oxygens (including phenoxy) is 2. The summed E-state index contributed by atoms with van der Waals surface area (Å²) < 4.78 is 12.2. The van der Waals surface area contributed by atoms with Crippen LogP contribution in [0.2, 0.25) is 0 Å². The van der Waals surface area contributed by atoms with Crippen molar-refractivity contribution >= 4 is 11.2 Å². The van der Waals surface area contributed by atoms with Crippen molar-refractivity contribution in [2.75, 3.05) is 13.7 Å². The quantitative estimate of drug-likeness (QED) is 0.564. The molecular weight excluding hydrogens is 370 g/mol. The first-order valence-corrected chi connectivity index (χ1v) is 8.95. The van der Waals surface area contributed by atoms with Crippen LogP contribution in [-0.2, 0) is 0 Å². The molecule has 4 aromatic rings. The van der Waals surface area contributed by atoms with Crippen LogP contribution in [0.5, 0.6) is 11.5 Å². The second-order valence-electron chi connectivity index (χ2n) is 6.10. The lowest BCUT2D eigenvalue weighted by molar-refractivity contribution is 0.340. The molecule has 2 aromatic carbocycles. The molecule has 0 aliphatic heterocycles. The predicted molar refractivity (Wildman–Crippen MR) is 107 cm³/mol. The zero-order valence-corrected chi connectivity index (χ0v) is 15.8. The Morgan fingerprint density at radius 2 is 1.90 bits per heavy atom. The summed E-state index contributed by atoms with van der Waals surface area (Å²) in [5.74, 6) is 1.57. The second kappa shape index (κ2) is 7.48. The number of H-pyrrole nitrogens is 1. The molecule has 0 spiro atoms. The highest BCUT2D eigenvalue weighted by atomic mass is 16.5. The summed E-state index contributed by atoms with van der Waals surface area (Å²) in [5.41, 5.74) is 1.45. The zero-order chi connectivity index (χ0) is 20.4. The summed E-state index contributed by atoms with van der Waals surface area (Å²) in [5, 5.41) is 9.58. The van der Waals surface area contributed by atoms with Crippen molar-refractivity contribution in [3.05, 3.63) is 64.7 Å². The number of hydrogen-bond acceptors (Lipinski definition) is 6. The molecule has 0 atom stereocenters.